The molecule has 0 fully saturated rings. The quantitative estimate of drug-likeness (QED) is 0.756. The van der Waals surface area contributed by atoms with Gasteiger partial charge in [0.05, 0.1) is 11.3 Å². The molecular formula is C20H19F3N2OS. The Labute approximate surface area is 160 Å². The third-order valence-electron chi connectivity index (χ3n) is 5.00. The highest BCUT2D eigenvalue weighted by Crippen LogP contribution is 2.39. The van der Waals surface area contributed by atoms with E-state index >= 15 is 0 Å². The average Bonchev–Trinajstić information content (AvgIpc) is 2.97. The number of thioether (sulfide) groups is 1. The van der Waals surface area contributed by atoms with Crippen LogP contribution in [-0.4, -0.2) is 36.2 Å². The maximum absolute atomic E-state index is 13.0. The minimum Gasteiger partial charge on any atom is -0.370 e. The average molecular weight is 392 g/mol. The molecule has 2 aliphatic heterocycles. The van der Waals surface area contributed by atoms with Gasteiger partial charge in [-0.3, -0.25) is 4.79 Å². The van der Waals surface area contributed by atoms with Gasteiger partial charge in [-0.15, -0.1) is 11.8 Å². The van der Waals surface area contributed by atoms with Crippen molar-refractivity contribution in [3.63, 3.8) is 0 Å². The molecule has 0 aromatic heterocycles. The first-order valence-electron chi connectivity index (χ1n) is 8.89. The standard InChI is InChI=1S/C20H19F3N2OS/c21-20(22,23)15-6-7-18-17(12-15)24(10-11-27-18)8-3-9-25-13-14-4-1-2-5-16(14)19(25)26/h1-2,4-7,12H,3,8-11,13H2. The van der Waals surface area contributed by atoms with Gasteiger partial charge in [-0.05, 0) is 36.2 Å². The lowest BCUT2D eigenvalue weighted by molar-refractivity contribution is -0.137. The molecule has 2 aliphatic rings. The number of carbonyl (C=O) groups is 1. The summed E-state index contributed by atoms with van der Waals surface area (Å²) in [5, 5.41) is 0. The Hall–Kier alpha value is -2.15. The third-order valence-corrected chi connectivity index (χ3v) is 6.04. The van der Waals surface area contributed by atoms with E-state index in [-0.39, 0.29) is 5.91 Å². The van der Waals surface area contributed by atoms with Crippen LogP contribution < -0.4 is 4.90 Å². The Morgan fingerprint density at radius 2 is 1.81 bits per heavy atom. The lowest BCUT2D eigenvalue weighted by Gasteiger charge is -2.32. The van der Waals surface area contributed by atoms with Crippen molar-refractivity contribution in [1.29, 1.82) is 0 Å². The molecule has 2 aromatic rings. The predicted molar refractivity (Wildman–Crippen MR) is 100 cm³/mol. The van der Waals surface area contributed by atoms with E-state index in [2.05, 4.69) is 0 Å². The highest BCUT2D eigenvalue weighted by atomic mass is 32.2. The van der Waals surface area contributed by atoms with Gasteiger partial charge in [-0.25, -0.2) is 0 Å². The van der Waals surface area contributed by atoms with Crippen LogP contribution in [0.1, 0.15) is 27.9 Å². The van der Waals surface area contributed by atoms with Crippen molar-refractivity contribution in [3.05, 3.63) is 59.2 Å². The summed E-state index contributed by atoms with van der Waals surface area (Å²) in [6, 6.07) is 11.6. The Balaban J connectivity index is 1.41. The maximum Gasteiger partial charge on any atom is 0.416 e. The summed E-state index contributed by atoms with van der Waals surface area (Å²) in [6.45, 7) is 2.56. The van der Waals surface area contributed by atoms with E-state index in [4.69, 9.17) is 0 Å². The van der Waals surface area contributed by atoms with E-state index in [0.717, 1.165) is 34.3 Å². The van der Waals surface area contributed by atoms with Gasteiger partial charge in [0.25, 0.3) is 5.91 Å². The van der Waals surface area contributed by atoms with Gasteiger partial charge in [0, 0.05) is 42.4 Å². The van der Waals surface area contributed by atoms with Crippen molar-refractivity contribution in [1.82, 2.24) is 4.90 Å². The van der Waals surface area contributed by atoms with Gasteiger partial charge in [0.1, 0.15) is 0 Å². The first kappa shape index (κ1) is 18.2. The number of hydrogen-bond donors (Lipinski definition) is 0. The molecular weight excluding hydrogens is 373 g/mol. The SMILES string of the molecule is O=C1c2ccccc2CN1CCCN1CCSc2ccc(C(F)(F)F)cc21. The topological polar surface area (TPSA) is 23.6 Å². The fraction of sp³-hybridized carbons (Fsp3) is 0.350. The minimum absolute atomic E-state index is 0.0413. The Morgan fingerprint density at radius 3 is 2.59 bits per heavy atom. The second-order valence-electron chi connectivity index (χ2n) is 6.75. The van der Waals surface area contributed by atoms with Crippen LogP contribution in [0.4, 0.5) is 18.9 Å². The maximum atomic E-state index is 13.0. The van der Waals surface area contributed by atoms with Crippen molar-refractivity contribution in [3.8, 4) is 0 Å². The predicted octanol–water partition coefficient (Wildman–Crippen LogP) is 4.66. The highest BCUT2D eigenvalue weighted by molar-refractivity contribution is 7.99. The summed E-state index contributed by atoms with van der Waals surface area (Å²) < 4.78 is 39.1. The molecule has 2 aromatic carbocycles. The van der Waals surface area contributed by atoms with Crippen LogP contribution in [0.3, 0.4) is 0 Å². The Morgan fingerprint density at radius 1 is 1.04 bits per heavy atom. The number of alkyl halides is 3. The zero-order chi connectivity index (χ0) is 19.0. The van der Waals surface area contributed by atoms with Crippen molar-refractivity contribution in [2.45, 2.75) is 24.0 Å². The molecule has 2 heterocycles. The highest BCUT2D eigenvalue weighted by Gasteiger charge is 2.32. The number of anilines is 1. The molecule has 1 amide bonds. The van der Waals surface area contributed by atoms with Crippen molar-refractivity contribution in [2.75, 3.05) is 30.3 Å². The molecule has 0 radical (unpaired) electrons. The number of rotatable bonds is 4. The molecule has 0 spiro atoms. The number of amides is 1. The summed E-state index contributed by atoms with van der Waals surface area (Å²) in [6.07, 6.45) is -3.61. The van der Waals surface area contributed by atoms with E-state index in [9.17, 15) is 18.0 Å². The van der Waals surface area contributed by atoms with Gasteiger partial charge in [-0.2, -0.15) is 13.2 Å². The molecule has 27 heavy (non-hydrogen) atoms. The Kier molecular flexibility index (Phi) is 4.80. The molecule has 4 rings (SSSR count). The summed E-state index contributed by atoms with van der Waals surface area (Å²) in [5.74, 6) is 0.895. The van der Waals surface area contributed by atoms with E-state index in [1.165, 1.54) is 6.07 Å². The number of halogens is 3. The van der Waals surface area contributed by atoms with Crippen molar-refractivity contribution >= 4 is 23.4 Å². The molecule has 0 saturated heterocycles. The smallest absolute Gasteiger partial charge is 0.370 e. The van der Waals surface area contributed by atoms with Crippen LogP contribution in [0, 0.1) is 0 Å². The van der Waals surface area contributed by atoms with Crippen molar-refractivity contribution in [2.24, 2.45) is 0 Å². The fourth-order valence-electron chi connectivity index (χ4n) is 3.63. The third kappa shape index (κ3) is 3.65. The van der Waals surface area contributed by atoms with Crippen LogP contribution in [0.2, 0.25) is 0 Å². The monoisotopic (exact) mass is 392 g/mol. The number of hydrogen-bond acceptors (Lipinski definition) is 3. The molecule has 0 aliphatic carbocycles. The molecule has 0 N–H and O–H groups in total. The number of nitrogens with zero attached hydrogens (tertiary/aromatic N) is 2. The van der Waals surface area contributed by atoms with Gasteiger partial charge in [-0.1, -0.05) is 18.2 Å². The zero-order valence-corrected chi connectivity index (χ0v) is 15.4. The van der Waals surface area contributed by atoms with Crippen LogP contribution >= 0.6 is 11.8 Å². The molecule has 0 saturated carbocycles. The molecule has 3 nitrogen and oxygen atoms in total. The number of carbonyl (C=O) groups excluding carboxylic acids is 1. The summed E-state index contributed by atoms with van der Waals surface area (Å²) in [7, 11) is 0. The van der Waals surface area contributed by atoms with E-state index in [0.29, 0.717) is 31.9 Å². The summed E-state index contributed by atoms with van der Waals surface area (Å²) in [4.78, 5) is 17.1. The van der Waals surface area contributed by atoms with Crippen molar-refractivity contribution < 1.29 is 18.0 Å². The summed E-state index contributed by atoms with van der Waals surface area (Å²) >= 11 is 1.59. The lowest BCUT2D eigenvalue weighted by Crippen LogP contribution is -2.33. The lowest BCUT2D eigenvalue weighted by atomic mass is 10.1. The van der Waals surface area contributed by atoms with E-state index in [1.807, 2.05) is 34.1 Å². The molecule has 142 valence electrons. The number of fused-ring (bicyclic) bond motifs is 2. The second-order valence-corrected chi connectivity index (χ2v) is 7.89. The first-order chi connectivity index (χ1) is 12.9. The summed E-state index contributed by atoms with van der Waals surface area (Å²) in [5.41, 5.74) is 1.83. The van der Waals surface area contributed by atoms with Crippen LogP contribution in [0.15, 0.2) is 47.4 Å². The van der Waals surface area contributed by atoms with E-state index < -0.39 is 11.7 Å². The number of benzene rings is 2. The Bertz CT molecular complexity index is 869. The second kappa shape index (κ2) is 7.11. The normalized spacial score (nSPS) is 16.5. The molecule has 0 atom stereocenters. The van der Waals surface area contributed by atoms with E-state index in [1.54, 1.807) is 17.8 Å². The van der Waals surface area contributed by atoms with Gasteiger partial charge >= 0.3 is 6.18 Å². The zero-order valence-electron chi connectivity index (χ0n) is 14.6. The van der Waals surface area contributed by atoms with Gasteiger partial charge in [0.15, 0.2) is 0 Å². The van der Waals surface area contributed by atoms with Crippen LogP contribution in [0.25, 0.3) is 0 Å². The fourth-order valence-corrected chi connectivity index (χ4v) is 4.66. The minimum atomic E-state index is -4.34. The first-order valence-corrected chi connectivity index (χ1v) is 9.88. The van der Waals surface area contributed by atoms with Gasteiger partial charge in [0.2, 0.25) is 0 Å². The largest absolute Gasteiger partial charge is 0.416 e. The van der Waals surface area contributed by atoms with Gasteiger partial charge < -0.3 is 9.80 Å². The van der Waals surface area contributed by atoms with Crippen LogP contribution in [-0.2, 0) is 12.7 Å². The molecule has 0 unspecified atom stereocenters. The van der Waals surface area contributed by atoms with Crippen LogP contribution in [0.5, 0.6) is 0 Å². The molecule has 7 heteroatoms. The molecule has 0 bridgehead atoms.